The predicted molar refractivity (Wildman–Crippen MR) is 180 cm³/mol. The highest BCUT2D eigenvalue weighted by Crippen LogP contribution is 2.70. The maximum Gasteiger partial charge on any atom is 0.276 e. The molecule has 3 saturated carbocycles. The van der Waals surface area contributed by atoms with Gasteiger partial charge in [0.15, 0.2) is 22.6 Å². The summed E-state index contributed by atoms with van der Waals surface area (Å²) in [7, 11) is 1.52. The second kappa shape index (κ2) is 11.8. The van der Waals surface area contributed by atoms with E-state index in [4.69, 9.17) is 9.84 Å². The first-order valence-electron chi connectivity index (χ1n) is 16.7. The van der Waals surface area contributed by atoms with Gasteiger partial charge >= 0.3 is 0 Å². The van der Waals surface area contributed by atoms with Crippen LogP contribution in [-0.2, 0) is 17.8 Å². The monoisotopic (exact) mass is 667 g/mol. The van der Waals surface area contributed by atoms with Crippen LogP contribution in [0.5, 0.6) is 11.6 Å². The van der Waals surface area contributed by atoms with Crippen LogP contribution in [0.3, 0.4) is 0 Å². The largest absolute Gasteiger partial charge is 0.504 e. The normalized spacial score (nSPS) is 22.8. The predicted octanol–water partition coefficient (Wildman–Crippen LogP) is 3.22. The van der Waals surface area contributed by atoms with Crippen molar-refractivity contribution < 1.29 is 19.4 Å². The lowest BCUT2D eigenvalue weighted by atomic mass is 9.36. The summed E-state index contributed by atoms with van der Waals surface area (Å²) < 4.78 is 7.11. The molecule has 49 heavy (non-hydrogen) atoms. The third kappa shape index (κ3) is 5.24. The first-order chi connectivity index (χ1) is 23.4. The van der Waals surface area contributed by atoms with Crippen LogP contribution < -0.4 is 15.5 Å². The van der Waals surface area contributed by atoms with Crippen LogP contribution in [0.1, 0.15) is 74.4 Å². The number of nitrogens with one attached hydrogen (secondary N) is 1. The minimum atomic E-state index is -0.422. The molecule has 14 nitrogen and oxygen atoms in total. The Balaban J connectivity index is 1.29. The fourth-order valence-electron chi connectivity index (χ4n) is 8.02. The Morgan fingerprint density at radius 2 is 1.92 bits per heavy atom. The van der Waals surface area contributed by atoms with Crippen LogP contribution in [0.15, 0.2) is 35.5 Å². The van der Waals surface area contributed by atoms with Gasteiger partial charge in [0.1, 0.15) is 12.9 Å². The zero-order chi connectivity index (χ0) is 34.8. The molecule has 1 aliphatic heterocycles. The second-order valence-corrected chi connectivity index (χ2v) is 14.1. The number of carbonyl (C=O) groups is 2. The highest BCUT2D eigenvalue weighted by Gasteiger charge is 2.69. The molecule has 4 aromatic heterocycles. The number of aryl methyl sites for hydroxylation is 1. The van der Waals surface area contributed by atoms with Crippen LogP contribution in [-0.4, -0.2) is 82.1 Å². The Kier molecular flexibility index (Phi) is 7.79. The molecule has 256 valence electrons. The van der Waals surface area contributed by atoms with Gasteiger partial charge in [-0.3, -0.25) is 14.4 Å². The lowest BCUT2D eigenvalue weighted by molar-refractivity contribution is -0.187. The minimum Gasteiger partial charge on any atom is -0.504 e. The standard InChI is InChI=1S/C35H41N9O5/c1-7-24-27(23-9-11-42(13-20(23)4)33(48)29-30(46)21(5)37-18-38-29)31(47)28-32(41-44(40-28)22-8-10-36-26(12-22)49-6)43(24)14-25(45)39-35-15-34(16-35,17-35)19(2)3/h8-10,12,18-20,46H,7,11,13-17H2,1-6H3,(H,39,45)/t20-,34?,35?/m1/s1. The van der Waals surface area contributed by atoms with Gasteiger partial charge in [0.05, 0.1) is 18.5 Å². The van der Waals surface area contributed by atoms with Gasteiger partial charge in [-0.15, -0.1) is 15.0 Å². The van der Waals surface area contributed by atoms with E-state index in [2.05, 4.69) is 39.2 Å². The van der Waals surface area contributed by atoms with Gasteiger partial charge in [-0.2, -0.15) is 0 Å². The van der Waals surface area contributed by atoms with Gasteiger partial charge in [-0.1, -0.05) is 33.8 Å². The van der Waals surface area contributed by atoms with E-state index in [9.17, 15) is 19.5 Å². The number of amides is 2. The molecule has 0 unspecified atom stereocenters. The van der Waals surface area contributed by atoms with Crippen molar-refractivity contribution in [2.45, 2.75) is 72.4 Å². The third-order valence-electron chi connectivity index (χ3n) is 10.7. The first-order valence-corrected chi connectivity index (χ1v) is 16.7. The maximum absolute atomic E-state index is 14.4. The van der Waals surface area contributed by atoms with Crippen LogP contribution in [0.2, 0.25) is 0 Å². The smallest absolute Gasteiger partial charge is 0.276 e. The summed E-state index contributed by atoms with van der Waals surface area (Å²) in [6.07, 6.45) is 8.11. The SMILES string of the molecule is CCc1c(C2=CCN(C(=O)c3ncnc(C)c3O)C[C@H]2C)c(=O)c2nn(-c3ccnc(OC)c3)nc2n1CC(=O)NC12CC(C(C)C)(C1)C2. The lowest BCUT2D eigenvalue weighted by Crippen LogP contribution is -2.76. The van der Waals surface area contributed by atoms with Crippen molar-refractivity contribution in [1.29, 1.82) is 0 Å². The molecule has 2 N–H and O–H groups in total. The molecule has 1 atom stereocenters. The summed E-state index contributed by atoms with van der Waals surface area (Å²) in [6.45, 7) is 10.5. The Labute approximate surface area is 283 Å². The zero-order valence-electron chi connectivity index (χ0n) is 28.6. The summed E-state index contributed by atoms with van der Waals surface area (Å²) in [4.78, 5) is 56.7. The summed E-state index contributed by atoms with van der Waals surface area (Å²) in [5, 5.41) is 23.2. The highest BCUT2D eigenvalue weighted by atomic mass is 16.5. The molecule has 0 saturated heterocycles. The van der Waals surface area contributed by atoms with Gasteiger partial charge in [-0.25, -0.2) is 15.0 Å². The molecule has 0 radical (unpaired) electrons. The lowest BCUT2D eigenvalue weighted by Gasteiger charge is -2.72. The second-order valence-electron chi connectivity index (χ2n) is 14.1. The number of fused-ring (bicyclic) bond motifs is 1. The fourth-order valence-corrected chi connectivity index (χ4v) is 8.02. The molecule has 8 rings (SSSR count). The molecule has 0 spiro atoms. The van der Waals surface area contributed by atoms with Crippen molar-refractivity contribution in [3.63, 3.8) is 0 Å². The van der Waals surface area contributed by atoms with Gasteiger partial charge < -0.3 is 24.6 Å². The van der Waals surface area contributed by atoms with Crippen molar-refractivity contribution in [1.82, 2.24) is 44.7 Å². The van der Waals surface area contributed by atoms with Crippen LogP contribution in [0.25, 0.3) is 22.4 Å². The number of aromatic hydroxyl groups is 1. The Morgan fingerprint density at radius 1 is 1.16 bits per heavy atom. The van der Waals surface area contributed by atoms with Crippen LogP contribution in [0, 0.1) is 24.2 Å². The molecule has 5 heterocycles. The molecule has 0 aromatic carbocycles. The molecule has 2 amide bonds. The molecule has 2 bridgehead atoms. The van der Waals surface area contributed by atoms with E-state index in [1.807, 2.05) is 24.5 Å². The number of aromatic nitrogens is 7. The van der Waals surface area contributed by atoms with Crippen molar-refractivity contribution >= 4 is 28.6 Å². The van der Waals surface area contributed by atoms with E-state index < -0.39 is 5.91 Å². The first kappa shape index (κ1) is 32.4. The molecule has 3 fully saturated rings. The van der Waals surface area contributed by atoms with Crippen LogP contribution in [0.4, 0.5) is 0 Å². The number of carbonyl (C=O) groups excluding carboxylic acids is 2. The van der Waals surface area contributed by atoms with Crippen molar-refractivity contribution in [2.24, 2.45) is 17.3 Å². The number of hydrogen-bond donors (Lipinski definition) is 2. The van der Waals surface area contributed by atoms with E-state index >= 15 is 0 Å². The van der Waals surface area contributed by atoms with Gasteiger partial charge in [0, 0.05) is 42.1 Å². The number of rotatable bonds is 9. The molecule has 14 heteroatoms. The number of hydrogen-bond acceptors (Lipinski definition) is 10. The molecular weight excluding hydrogens is 626 g/mol. The number of methoxy groups -OCH3 is 1. The van der Waals surface area contributed by atoms with Crippen LogP contribution >= 0.6 is 0 Å². The summed E-state index contributed by atoms with van der Waals surface area (Å²) in [5.41, 5.74) is 3.02. The quantitative estimate of drug-likeness (QED) is 0.270. The average Bonchev–Trinajstić information content (AvgIpc) is 3.50. The number of ether oxygens (including phenoxy) is 1. The minimum absolute atomic E-state index is 0.0274. The van der Waals surface area contributed by atoms with Gasteiger partial charge in [0.2, 0.25) is 17.2 Å². The zero-order valence-corrected chi connectivity index (χ0v) is 28.6. The molecule has 4 aromatic rings. The van der Waals surface area contributed by atoms with Crippen molar-refractivity contribution in [3.05, 3.63) is 63.6 Å². The molecular formula is C35H41N9O5. The fraction of sp³-hybridized carbons (Fsp3) is 0.486. The van der Waals surface area contributed by atoms with Crippen molar-refractivity contribution in [2.75, 3.05) is 20.2 Å². The highest BCUT2D eigenvalue weighted by molar-refractivity contribution is 5.95. The van der Waals surface area contributed by atoms with E-state index in [1.165, 1.54) is 18.2 Å². The number of nitrogens with zero attached hydrogens (tertiary/aromatic N) is 8. The Morgan fingerprint density at radius 3 is 2.59 bits per heavy atom. The molecule has 3 aliphatic carbocycles. The summed E-state index contributed by atoms with van der Waals surface area (Å²) in [6, 6.07) is 3.38. The topological polar surface area (TPSA) is 170 Å². The Bertz CT molecular complexity index is 2080. The van der Waals surface area contributed by atoms with E-state index in [0.29, 0.717) is 51.9 Å². The summed E-state index contributed by atoms with van der Waals surface area (Å²) >= 11 is 0. The summed E-state index contributed by atoms with van der Waals surface area (Å²) in [5.74, 6) is -0.115. The maximum atomic E-state index is 14.4. The van der Waals surface area contributed by atoms with Crippen molar-refractivity contribution in [3.8, 4) is 17.3 Å². The van der Waals surface area contributed by atoms with E-state index in [-0.39, 0.29) is 59.4 Å². The van der Waals surface area contributed by atoms with E-state index in [0.717, 1.165) is 24.8 Å². The van der Waals surface area contributed by atoms with Gasteiger partial charge in [-0.05, 0) is 61.5 Å². The molecule has 4 aliphatic rings. The average molecular weight is 668 g/mol. The Hall–Kier alpha value is -5.14. The third-order valence-corrected chi connectivity index (χ3v) is 10.7. The van der Waals surface area contributed by atoms with E-state index in [1.54, 1.807) is 30.2 Å². The number of pyridine rings is 2. The van der Waals surface area contributed by atoms with Gasteiger partial charge in [0.25, 0.3) is 5.91 Å².